The van der Waals surface area contributed by atoms with Crippen LogP contribution in [0.25, 0.3) is 0 Å². The molecule has 1 N–H and O–H groups in total. The van der Waals surface area contributed by atoms with Crippen LogP contribution in [0, 0.1) is 5.82 Å². The summed E-state index contributed by atoms with van der Waals surface area (Å²) < 4.78 is 13.6. The van der Waals surface area contributed by atoms with Crippen molar-refractivity contribution in [1.82, 2.24) is 10.2 Å². The van der Waals surface area contributed by atoms with Gasteiger partial charge in [-0.15, -0.1) is 0 Å². The van der Waals surface area contributed by atoms with E-state index in [1.54, 1.807) is 6.07 Å². The van der Waals surface area contributed by atoms with Crippen molar-refractivity contribution < 1.29 is 4.39 Å². The van der Waals surface area contributed by atoms with Gasteiger partial charge < -0.3 is 5.32 Å². The van der Waals surface area contributed by atoms with Gasteiger partial charge in [-0.05, 0) is 31.4 Å². The summed E-state index contributed by atoms with van der Waals surface area (Å²) in [5, 5.41) is 3.86. The summed E-state index contributed by atoms with van der Waals surface area (Å²) in [6.07, 6.45) is 2.16. The number of hydrogen-bond donors (Lipinski definition) is 1. The highest BCUT2D eigenvalue weighted by Crippen LogP contribution is 2.28. The maximum atomic E-state index is 13.6. The second kappa shape index (κ2) is 6.42. The first-order valence-corrected chi connectivity index (χ1v) is 7.79. The van der Waals surface area contributed by atoms with Crippen LogP contribution in [-0.2, 0) is 6.54 Å². The zero-order chi connectivity index (χ0) is 14.8. The molecule has 0 aliphatic carbocycles. The fourth-order valence-corrected chi connectivity index (χ4v) is 2.97. The molecule has 2 nitrogen and oxygen atoms in total. The Morgan fingerprint density at radius 2 is 2.20 bits per heavy atom. The van der Waals surface area contributed by atoms with E-state index in [4.69, 9.17) is 11.6 Å². The molecule has 1 fully saturated rings. The summed E-state index contributed by atoms with van der Waals surface area (Å²) in [5.74, 6) is -0.329. The molecule has 1 aromatic rings. The van der Waals surface area contributed by atoms with Gasteiger partial charge in [-0.25, -0.2) is 4.39 Å². The number of rotatable bonds is 4. The lowest BCUT2D eigenvalue weighted by atomic mass is 9.91. The Balaban J connectivity index is 2.21. The van der Waals surface area contributed by atoms with Crippen LogP contribution in [0.4, 0.5) is 4.39 Å². The molecule has 1 aromatic carbocycles. The Morgan fingerprint density at radius 1 is 1.45 bits per heavy atom. The summed E-state index contributed by atoms with van der Waals surface area (Å²) in [5.41, 5.74) is 0.976. The second-order valence-corrected chi connectivity index (χ2v) is 6.31. The van der Waals surface area contributed by atoms with Crippen LogP contribution in [0.5, 0.6) is 0 Å². The summed E-state index contributed by atoms with van der Waals surface area (Å²) in [7, 11) is 0. The van der Waals surface area contributed by atoms with Gasteiger partial charge >= 0.3 is 0 Å². The molecule has 112 valence electrons. The topological polar surface area (TPSA) is 15.3 Å². The molecule has 1 aliphatic rings. The van der Waals surface area contributed by atoms with Crippen molar-refractivity contribution in [2.45, 2.75) is 51.7 Å². The lowest BCUT2D eigenvalue weighted by Gasteiger charge is -2.48. The predicted octanol–water partition coefficient (Wildman–Crippen LogP) is 3.83. The molecular weight excluding hydrogens is 275 g/mol. The van der Waals surface area contributed by atoms with Gasteiger partial charge in [0.1, 0.15) is 5.82 Å². The van der Waals surface area contributed by atoms with Crippen LogP contribution in [0.3, 0.4) is 0 Å². The van der Waals surface area contributed by atoms with E-state index in [1.807, 2.05) is 6.07 Å². The summed E-state index contributed by atoms with van der Waals surface area (Å²) in [6, 6.07) is 5.57. The normalized spacial score (nSPS) is 27.8. The van der Waals surface area contributed by atoms with Gasteiger partial charge in [-0.2, -0.15) is 0 Å². The lowest BCUT2D eigenvalue weighted by Crippen LogP contribution is -2.62. The van der Waals surface area contributed by atoms with E-state index in [9.17, 15) is 4.39 Å². The number of halogens is 2. The molecule has 1 heterocycles. The number of hydrogen-bond acceptors (Lipinski definition) is 2. The number of benzene rings is 1. The molecule has 0 aromatic heterocycles. The van der Waals surface area contributed by atoms with E-state index < -0.39 is 0 Å². The van der Waals surface area contributed by atoms with Crippen molar-refractivity contribution in [2.24, 2.45) is 0 Å². The quantitative estimate of drug-likeness (QED) is 0.909. The van der Waals surface area contributed by atoms with Crippen molar-refractivity contribution in [2.75, 3.05) is 13.1 Å². The smallest absolute Gasteiger partial charge is 0.142 e. The van der Waals surface area contributed by atoms with Crippen molar-refractivity contribution in [3.63, 3.8) is 0 Å². The molecule has 0 bridgehead atoms. The highest BCUT2D eigenvalue weighted by molar-refractivity contribution is 6.31. The van der Waals surface area contributed by atoms with Crippen molar-refractivity contribution in [3.05, 3.63) is 34.6 Å². The average molecular weight is 299 g/mol. The molecule has 0 radical (unpaired) electrons. The minimum Gasteiger partial charge on any atom is -0.311 e. The average Bonchev–Trinajstić information content (AvgIpc) is 2.46. The van der Waals surface area contributed by atoms with Crippen LogP contribution >= 0.6 is 11.6 Å². The largest absolute Gasteiger partial charge is 0.311 e. The minimum atomic E-state index is -0.329. The number of nitrogens with zero attached hydrogens (tertiary/aromatic N) is 1. The molecular formula is C16H24ClFN2. The molecule has 0 spiro atoms. The molecule has 1 saturated heterocycles. The lowest BCUT2D eigenvalue weighted by molar-refractivity contribution is 0.0408. The number of nitrogens with one attached hydrogen (secondary N) is 1. The van der Waals surface area contributed by atoms with Crippen molar-refractivity contribution in [1.29, 1.82) is 0 Å². The zero-order valence-corrected chi connectivity index (χ0v) is 13.3. The SMILES string of the molecule is CCC1CN(Cc2cccc(F)c2Cl)C(C)(CC)CN1. The summed E-state index contributed by atoms with van der Waals surface area (Å²) in [6.45, 7) is 9.31. The molecule has 2 unspecified atom stereocenters. The van der Waals surface area contributed by atoms with Crippen LogP contribution in [0.2, 0.25) is 5.02 Å². The number of piperazine rings is 1. The van der Waals surface area contributed by atoms with Crippen molar-refractivity contribution in [3.8, 4) is 0 Å². The standard InChI is InChI=1S/C16H24ClFN2/c1-4-13-10-20(16(3,5-2)11-19-13)9-12-7-6-8-14(18)15(12)17/h6-8,13,19H,4-5,9-11H2,1-3H3. The molecule has 2 rings (SSSR count). The minimum absolute atomic E-state index is 0.0985. The van der Waals surface area contributed by atoms with Gasteiger partial charge in [0.25, 0.3) is 0 Å². The third kappa shape index (κ3) is 3.16. The molecule has 1 aliphatic heterocycles. The second-order valence-electron chi connectivity index (χ2n) is 5.93. The van der Waals surface area contributed by atoms with Crippen LogP contribution in [0.15, 0.2) is 18.2 Å². The van der Waals surface area contributed by atoms with Gasteiger partial charge in [0.2, 0.25) is 0 Å². The summed E-state index contributed by atoms with van der Waals surface area (Å²) in [4.78, 5) is 2.44. The molecule has 0 saturated carbocycles. The highest BCUT2D eigenvalue weighted by Gasteiger charge is 2.36. The highest BCUT2D eigenvalue weighted by atomic mass is 35.5. The van der Waals surface area contributed by atoms with E-state index in [-0.39, 0.29) is 16.4 Å². The third-order valence-electron chi connectivity index (χ3n) is 4.62. The maximum absolute atomic E-state index is 13.6. The van der Waals surface area contributed by atoms with Crippen molar-refractivity contribution >= 4 is 11.6 Å². The Labute approximate surface area is 126 Å². The Hall–Kier alpha value is -0.640. The molecule has 0 amide bonds. The monoisotopic (exact) mass is 298 g/mol. The van der Waals surface area contributed by atoms with E-state index in [1.165, 1.54) is 6.07 Å². The fourth-order valence-electron chi connectivity index (χ4n) is 2.78. The molecule has 20 heavy (non-hydrogen) atoms. The third-order valence-corrected chi connectivity index (χ3v) is 5.05. The van der Waals surface area contributed by atoms with Gasteiger partial charge in [0.15, 0.2) is 0 Å². The Kier molecular flexibility index (Phi) is 5.05. The van der Waals surface area contributed by atoms with E-state index in [0.717, 1.165) is 31.5 Å². The molecule has 2 atom stereocenters. The predicted molar refractivity (Wildman–Crippen MR) is 82.6 cm³/mol. The fraction of sp³-hybridized carbons (Fsp3) is 0.625. The Morgan fingerprint density at radius 3 is 2.85 bits per heavy atom. The first kappa shape index (κ1) is 15.7. The molecule has 4 heteroatoms. The van der Waals surface area contributed by atoms with Gasteiger partial charge in [-0.1, -0.05) is 37.6 Å². The maximum Gasteiger partial charge on any atom is 0.142 e. The van der Waals surface area contributed by atoms with Gasteiger partial charge in [-0.3, -0.25) is 4.90 Å². The van der Waals surface area contributed by atoms with E-state index in [0.29, 0.717) is 12.6 Å². The summed E-state index contributed by atoms with van der Waals surface area (Å²) >= 11 is 6.10. The first-order valence-electron chi connectivity index (χ1n) is 7.41. The van der Waals surface area contributed by atoms with Crippen LogP contribution in [-0.4, -0.2) is 29.6 Å². The first-order chi connectivity index (χ1) is 9.50. The van der Waals surface area contributed by atoms with Crippen LogP contribution < -0.4 is 5.32 Å². The van der Waals surface area contributed by atoms with E-state index in [2.05, 4.69) is 31.0 Å². The van der Waals surface area contributed by atoms with Gasteiger partial charge in [0.05, 0.1) is 5.02 Å². The van der Waals surface area contributed by atoms with Gasteiger partial charge in [0, 0.05) is 31.2 Å². The van der Waals surface area contributed by atoms with E-state index >= 15 is 0 Å². The van der Waals surface area contributed by atoms with Crippen LogP contribution in [0.1, 0.15) is 39.2 Å². The zero-order valence-electron chi connectivity index (χ0n) is 12.5. The Bertz CT molecular complexity index is 466.